The number of ether oxygens (including phenoxy) is 2. The van der Waals surface area contributed by atoms with Crippen LogP contribution < -0.4 is 9.47 Å². The van der Waals surface area contributed by atoms with Gasteiger partial charge in [-0.15, -0.1) is 0 Å². The van der Waals surface area contributed by atoms with E-state index >= 15 is 0 Å². The Morgan fingerprint density at radius 1 is 0.909 bits per heavy atom. The van der Waals surface area contributed by atoms with Gasteiger partial charge >= 0.3 is 0 Å². The number of halogens is 1. The average molecular weight is 315 g/mol. The van der Waals surface area contributed by atoms with Crippen LogP contribution >= 0.6 is 11.6 Å². The Bertz CT molecular complexity index is 762. The normalized spacial score (nSPS) is 10.5. The van der Waals surface area contributed by atoms with Crippen LogP contribution in [-0.4, -0.2) is 24.0 Å². The predicted molar refractivity (Wildman–Crippen MR) is 87.1 cm³/mol. The minimum absolute atomic E-state index is 0.522. The second-order valence-electron chi connectivity index (χ2n) is 4.64. The van der Waals surface area contributed by atoms with Gasteiger partial charge in [0, 0.05) is 6.07 Å². The summed E-state index contributed by atoms with van der Waals surface area (Å²) in [6.45, 7) is 0. The first-order chi connectivity index (χ1) is 10.7. The van der Waals surface area contributed by atoms with E-state index in [1.807, 2.05) is 48.5 Å². The molecule has 0 aliphatic rings. The third kappa shape index (κ3) is 2.53. The molecule has 0 aliphatic carbocycles. The Balaban J connectivity index is 2.15. The fourth-order valence-corrected chi connectivity index (χ4v) is 2.57. The average Bonchev–Trinajstić information content (AvgIpc) is 2.96. The van der Waals surface area contributed by atoms with E-state index in [9.17, 15) is 0 Å². The van der Waals surface area contributed by atoms with Gasteiger partial charge in [-0.25, -0.2) is 4.68 Å². The third-order valence-electron chi connectivity index (χ3n) is 3.35. The number of nitrogens with zero attached hydrogens (tertiary/aromatic N) is 2. The zero-order valence-electron chi connectivity index (χ0n) is 12.3. The lowest BCUT2D eigenvalue weighted by atomic mass is 10.1. The van der Waals surface area contributed by atoms with E-state index in [1.54, 1.807) is 25.0 Å². The summed E-state index contributed by atoms with van der Waals surface area (Å²) in [5, 5.41) is 5.11. The van der Waals surface area contributed by atoms with Crippen molar-refractivity contribution in [1.82, 2.24) is 9.78 Å². The zero-order valence-corrected chi connectivity index (χ0v) is 13.0. The van der Waals surface area contributed by atoms with Crippen molar-refractivity contribution in [3.63, 3.8) is 0 Å². The summed E-state index contributed by atoms with van der Waals surface area (Å²) >= 11 is 6.34. The molecule has 1 heterocycles. The Hall–Kier alpha value is -2.46. The van der Waals surface area contributed by atoms with E-state index in [-0.39, 0.29) is 0 Å². The molecule has 4 nitrogen and oxygen atoms in total. The van der Waals surface area contributed by atoms with Crippen LogP contribution in [0.25, 0.3) is 16.9 Å². The molecule has 0 bridgehead atoms. The predicted octanol–water partition coefficient (Wildman–Crippen LogP) is 4.21. The van der Waals surface area contributed by atoms with Crippen molar-refractivity contribution in [2.45, 2.75) is 0 Å². The molecule has 5 heteroatoms. The summed E-state index contributed by atoms with van der Waals surface area (Å²) < 4.78 is 12.5. The smallest absolute Gasteiger partial charge is 0.133 e. The van der Waals surface area contributed by atoms with Gasteiger partial charge in [-0.1, -0.05) is 35.9 Å². The van der Waals surface area contributed by atoms with Crippen molar-refractivity contribution in [2.75, 3.05) is 14.2 Å². The van der Waals surface area contributed by atoms with E-state index in [2.05, 4.69) is 5.10 Å². The fourth-order valence-electron chi connectivity index (χ4n) is 2.33. The van der Waals surface area contributed by atoms with Crippen LogP contribution in [0.15, 0.2) is 54.6 Å². The molecule has 0 aliphatic heterocycles. The molecule has 0 radical (unpaired) electrons. The fraction of sp³-hybridized carbons (Fsp3) is 0.118. The molecule has 2 aromatic carbocycles. The highest BCUT2D eigenvalue weighted by Crippen LogP contribution is 2.38. The molecule has 0 N–H and O–H groups in total. The molecular weight excluding hydrogens is 300 g/mol. The monoisotopic (exact) mass is 314 g/mol. The Morgan fingerprint density at radius 2 is 1.55 bits per heavy atom. The standard InChI is InChI=1S/C17H15ClN2O2/c1-21-14-9-6-10-15(22-2)17(14)13-11-16(18)20(19-13)12-7-4-3-5-8-12/h3-11H,1-2H3. The molecule has 0 atom stereocenters. The molecule has 0 fully saturated rings. The number of hydrogen-bond donors (Lipinski definition) is 0. The molecule has 0 spiro atoms. The second-order valence-corrected chi connectivity index (χ2v) is 5.02. The summed E-state index contributed by atoms with van der Waals surface area (Å²) in [6, 6.07) is 17.1. The van der Waals surface area contributed by atoms with E-state index in [0.717, 1.165) is 11.3 Å². The number of aromatic nitrogens is 2. The molecule has 22 heavy (non-hydrogen) atoms. The van der Waals surface area contributed by atoms with Crippen LogP contribution in [-0.2, 0) is 0 Å². The molecule has 3 aromatic rings. The van der Waals surface area contributed by atoms with Gasteiger partial charge in [-0.05, 0) is 24.3 Å². The minimum atomic E-state index is 0.522. The van der Waals surface area contributed by atoms with Crippen molar-refractivity contribution in [2.24, 2.45) is 0 Å². The highest BCUT2D eigenvalue weighted by molar-refractivity contribution is 6.30. The first kappa shape index (κ1) is 14.5. The van der Waals surface area contributed by atoms with E-state index in [1.165, 1.54) is 0 Å². The van der Waals surface area contributed by atoms with Gasteiger partial charge in [0.15, 0.2) is 0 Å². The van der Waals surface area contributed by atoms with Crippen molar-refractivity contribution in [3.8, 4) is 28.4 Å². The maximum absolute atomic E-state index is 6.34. The first-order valence-electron chi connectivity index (χ1n) is 6.77. The highest BCUT2D eigenvalue weighted by Gasteiger charge is 2.17. The van der Waals surface area contributed by atoms with Gasteiger partial charge in [-0.2, -0.15) is 5.10 Å². The van der Waals surface area contributed by atoms with Crippen molar-refractivity contribution < 1.29 is 9.47 Å². The quantitative estimate of drug-likeness (QED) is 0.723. The maximum atomic E-state index is 6.34. The zero-order chi connectivity index (χ0) is 15.5. The first-order valence-corrected chi connectivity index (χ1v) is 7.14. The molecular formula is C17H15ClN2O2. The third-order valence-corrected chi connectivity index (χ3v) is 3.62. The van der Waals surface area contributed by atoms with Crippen molar-refractivity contribution in [3.05, 3.63) is 59.8 Å². The van der Waals surface area contributed by atoms with Gasteiger partial charge < -0.3 is 9.47 Å². The summed E-state index contributed by atoms with van der Waals surface area (Å²) in [5.41, 5.74) is 2.37. The number of rotatable bonds is 4. The van der Waals surface area contributed by atoms with Gasteiger partial charge in [0.1, 0.15) is 22.3 Å². The summed E-state index contributed by atoms with van der Waals surface area (Å²) in [4.78, 5) is 0. The van der Waals surface area contributed by atoms with Gasteiger partial charge in [0.05, 0.1) is 25.5 Å². The van der Waals surface area contributed by atoms with Crippen LogP contribution in [0.2, 0.25) is 5.15 Å². The number of benzene rings is 2. The Labute approximate surface area is 133 Å². The highest BCUT2D eigenvalue weighted by atomic mass is 35.5. The van der Waals surface area contributed by atoms with E-state index in [0.29, 0.717) is 22.3 Å². The SMILES string of the molecule is COc1cccc(OC)c1-c1cc(Cl)n(-c2ccccc2)n1. The lowest BCUT2D eigenvalue weighted by molar-refractivity contribution is 0.397. The topological polar surface area (TPSA) is 36.3 Å². The Kier molecular flexibility index (Phi) is 4.02. The maximum Gasteiger partial charge on any atom is 0.133 e. The van der Waals surface area contributed by atoms with E-state index < -0.39 is 0 Å². The Morgan fingerprint density at radius 3 is 2.14 bits per heavy atom. The van der Waals surface area contributed by atoms with Gasteiger partial charge in [0.25, 0.3) is 0 Å². The molecule has 0 unspecified atom stereocenters. The lowest BCUT2D eigenvalue weighted by Crippen LogP contribution is -1.97. The molecule has 0 saturated carbocycles. The van der Waals surface area contributed by atoms with Crippen LogP contribution in [0.3, 0.4) is 0 Å². The molecule has 1 aromatic heterocycles. The number of para-hydroxylation sites is 1. The van der Waals surface area contributed by atoms with Crippen LogP contribution in [0, 0.1) is 0 Å². The molecule has 0 amide bonds. The number of methoxy groups -OCH3 is 2. The summed E-state index contributed by atoms with van der Waals surface area (Å²) in [7, 11) is 3.24. The molecule has 0 saturated heterocycles. The summed E-state index contributed by atoms with van der Waals surface area (Å²) in [5.74, 6) is 1.38. The van der Waals surface area contributed by atoms with Crippen LogP contribution in [0.4, 0.5) is 0 Å². The lowest BCUT2D eigenvalue weighted by Gasteiger charge is -2.10. The van der Waals surface area contributed by atoms with Crippen LogP contribution in [0.1, 0.15) is 0 Å². The number of hydrogen-bond acceptors (Lipinski definition) is 3. The summed E-state index contributed by atoms with van der Waals surface area (Å²) in [6.07, 6.45) is 0. The van der Waals surface area contributed by atoms with E-state index in [4.69, 9.17) is 21.1 Å². The van der Waals surface area contributed by atoms with Crippen molar-refractivity contribution in [1.29, 1.82) is 0 Å². The minimum Gasteiger partial charge on any atom is -0.496 e. The van der Waals surface area contributed by atoms with Crippen LogP contribution in [0.5, 0.6) is 11.5 Å². The van der Waals surface area contributed by atoms with Crippen molar-refractivity contribution >= 4 is 11.6 Å². The van der Waals surface area contributed by atoms with Gasteiger partial charge in [-0.3, -0.25) is 0 Å². The second kappa shape index (κ2) is 6.12. The van der Waals surface area contributed by atoms with Gasteiger partial charge in [0.2, 0.25) is 0 Å². The molecule has 3 rings (SSSR count). The molecule has 112 valence electrons. The largest absolute Gasteiger partial charge is 0.496 e.